The van der Waals surface area contributed by atoms with Crippen LogP contribution in [-0.2, 0) is 14.4 Å². The van der Waals surface area contributed by atoms with Gasteiger partial charge in [0.25, 0.3) is 0 Å². The van der Waals surface area contributed by atoms with Gasteiger partial charge in [0, 0.05) is 48.0 Å². The van der Waals surface area contributed by atoms with Crippen LogP contribution in [0, 0.1) is 11.8 Å². The normalized spacial score (nSPS) is 31.2. The molecule has 6 atom stereocenters. The maximum absolute atomic E-state index is 14.6. The molecule has 216 valence electrons. The molecule has 5 rings (SSSR count). The zero-order valence-electron chi connectivity index (χ0n) is 23.0. The molecule has 1 spiro atoms. The van der Waals surface area contributed by atoms with Crippen molar-refractivity contribution in [3.05, 3.63) is 55.6 Å². The number of thioether (sulfide) groups is 1. The van der Waals surface area contributed by atoms with Gasteiger partial charge in [0.05, 0.1) is 16.6 Å². The van der Waals surface area contributed by atoms with Crippen molar-refractivity contribution < 1.29 is 19.5 Å². The minimum absolute atomic E-state index is 0.00693. The molecule has 0 radical (unpaired) electrons. The fourth-order valence-corrected chi connectivity index (χ4v) is 11.1. The molecule has 0 aromatic heterocycles. The second kappa shape index (κ2) is 12.4. The fourth-order valence-electron chi connectivity index (χ4n) is 7.52. The molecule has 1 aliphatic carbocycles. The van der Waals surface area contributed by atoms with Crippen LogP contribution in [0.5, 0.6) is 0 Å². The van der Waals surface area contributed by atoms with Crippen LogP contribution in [0.1, 0.15) is 44.9 Å². The number of anilines is 1. The van der Waals surface area contributed by atoms with E-state index in [9.17, 15) is 19.5 Å². The van der Waals surface area contributed by atoms with Crippen LogP contribution < -0.4 is 4.90 Å². The number of aliphatic hydroxyl groups is 1. The van der Waals surface area contributed by atoms with Gasteiger partial charge in [0.2, 0.25) is 17.7 Å². The Morgan fingerprint density at radius 3 is 2.45 bits per heavy atom. The summed E-state index contributed by atoms with van der Waals surface area (Å²) >= 11 is 5.54. The summed E-state index contributed by atoms with van der Waals surface area (Å²) in [5.74, 6) is -1.42. The Morgan fingerprint density at radius 1 is 1.10 bits per heavy atom. The number of rotatable bonds is 11. The summed E-state index contributed by atoms with van der Waals surface area (Å²) < 4.78 is -0.701. The first-order valence-corrected chi connectivity index (χ1v) is 16.3. The molecule has 7 nitrogen and oxygen atoms in total. The predicted molar refractivity (Wildman–Crippen MR) is 163 cm³/mol. The number of hydrogen-bond donors (Lipinski definition) is 1. The lowest BCUT2D eigenvalue weighted by Gasteiger charge is -2.41. The third-order valence-corrected chi connectivity index (χ3v) is 12.4. The van der Waals surface area contributed by atoms with Gasteiger partial charge in [-0.15, -0.1) is 24.9 Å². The van der Waals surface area contributed by atoms with Crippen molar-refractivity contribution >= 4 is 51.1 Å². The van der Waals surface area contributed by atoms with E-state index in [0.29, 0.717) is 32.5 Å². The van der Waals surface area contributed by atoms with E-state index < -0.39 is 22.6 Å². The highest BCUT2D eigenvalue weighted by Gasteiger charge is 2.76. The van der Waals surface area contributed by atoms with Crippen LogP contribution in [0.2, 0.25) is 0 Å². The Bertz CT molecular complexity index is 1130. The molecule has 3 amide bonds. The third kappa shape index (κ3) is 4.96. The van der Waals surface area contributed by atoms with Crippen molar-refractivity contribution in [2.75, 3.05) is 31.1 Å². The number of benzene rings is 1. The molecule has 40 heavy (non-hydrogen) atoms. The summed E-state index contributed by atoms with van der Waals surface area (Å²) in [4.78, 5) is 48.7. The maximum atomic E-state index is 14.6. The van der Waals surface area contributed by atoms with Crippen LogP contribution >= 0.6 is 27.7 Å². The topological polar surface area (TPSA) is 81.2 Å². The molecule has 3 heterocycles. The quantitative estimate of drug-likeness (QED) is 0.290. The van der Waals surface area contributed by atoms with Crippen molar-refractivity contribution in [1.29, 1.82) is 0 Å². The molecule has 9 heteroatoms. The van der Waals surface area contributed by atoms with Gasteiger partial charge < -0.3 is 19.8 Å². The number of para-hydroxylation sites is 1. The number of hydrogen-bond acceptors (Lipinski definition) is 5. The number of aliphatic hydroxyl groups excluding tert-OH is 1. The number of amides is 3. The smallest absolute Gasteiger partial charge is 0.247 e. The SMILES string of the molecule is C=CCN(C(=O)[C@H]1[C@@H]2SC3(CC2Br)C(C(=O)N(CC=C)C2CCCCC2)N(CCCO)C(=O)[C@H]13)c1ccccc1. The highest BCUT2D eigenvalue weighted by molar-refractivity contribution is 9.09. The average Bonchev–Trinajstić information content (AvgIpc) is 3.56. The first kappa shape index (κ1) is 29.4. The molecule has 2 bridgehead atoms. The van der Waals surface area contributed by atoms with Gasteiger partial charge in [0.1, 0.15) is 6.04 Å². The highest BCUT2D eigenvalue weighted by atomic mass is 79.9. The van der Waals surface area contributed by atoms with Gasteiger partial charge in [-0.3, -0.25) is 14.4 Å². The second-order valence-corrected chi connectivity index (χ2v) is 14.1. The average molecular weight is 631 g/mol. The molecular weight excluding hydrogens is 590 g/mol. The minimum Gasteiger partial charge on any atom is -0.396 e. The summed E-state index contributed by atoms with van der Waals surface area (Å²) in [5, 5.41) is 9.56. The van der Waals surface area contributed by atoms with Gasteiger partial charge in [-0.2, -0.15) is 0 Å². The predicted octanol–water partition coefficient (Wildman–Crippen LogP) is 4.40. The summed E-state index contributed by atoms with van der Waals surface area (Å²) in [7, 11) is 0. The summed E-state index contributed by atoms with van der Waals surface area (Å²) in [6.45, 7) is 8.82. The van der Waals surface area contributed by atoms with E-state index in [1.165, 1.54) is 6.42 Å². The van der Waals surface area contributed by atoms with Gasteiger partial charge >= 0.3 is 0 Å². The number of carbonyl (C=O) groups is 3. The lowest BCUT2D eigenvalue weighted by Crippen LogP contribution is -2.58. The van der Waals surface area contributed by atoms with E-state index in [1.807, 2.05) is 35.2 Å². The van der Waals surface area contributed by atoms with E-state index in [2.05, 4.69) is 29.1 Å². The molecule has 4 aliphatic rings. The number of nitrogens with zero attached hydrogens (tertiary/aromatic N) is 3. The molecule has 1 aromatic rings. The first-order chi connectivity index (χ1) is 19.4. The molecule has 3 saturated heterocycles. The number of alkyl halides is 1. The van der Waals surface area contributed by atoms with E-state index in [0.717, 1.165) is 31.4 Å². The van der Waals surface area contributed by atoms with Crippen LogP contribution in [0.3, 0.4) is 0 Å². The van der Waals surface area contributed by atoms with Crippen LogP contribution in [0.15, 0.2) is 55.6 Å². The summed E-state index contributed by atoms with van der Waals surface area (Å²) in [5.41, 5.74) is 0.769. The van der Waals surface area contributed by atoms with Crippen molar-refractivity contribution in [2.45, 2.75) is 71.9 Å². The molecule has 3 aliphatic heterocycles. The van der Waals surface area contributed by atoms with E-state index in [-0.39, 0.29) is 40.4 Å². The summed E-state index contributed by atoms with van der Waals surface area (Å²) in [6, 6.07) is 8.97. The highest BCUT2D eigenvalue weighted by Crippen LogP contribution is 2.68. The Morgan fingerprint density at radius 2 is 1.80 bits per heavy atom. The largest absolute Gasteiger partial charge is 0.396 e. The number of carbonyl (C=O) groups excluding carboxylic acids is 3. The van der Waals surface area contributed by atoms with Gasteiger partial charge in [0.15, 0.2) is 0 Å². The Balaban J connectivity index is 1.54. The Labute approximate surface area is 250 Å². The van der Waals surface area contributed by atoms with Gasteiger partial charge in [-0.1, -0.05) is 65.5 Å². The summed E-state index contributed by atoms with van der Waals surface area (Å²) in [6.07, 6.45) is 9.80. The lowest BCUT2D eigenvalue weighted by atomic mass is 9.70. The number of likely N-dealkylation sites (tertiary alicyclic amines) is 1. The molecule has 4 fully saturated rings. The maximum Gasteiger partial charge on any atom is 0.247 e. The number of halogens is 1. The van der Waals surface area contributed by atoms with Crippen LogP contribution in [-0.4, -0.2) is 85.8 Å². The van der Waals surface area contributed by atoms with Crippen molar-refractivity contribution in [3.8, 4) is 0 Å². The van der Waals surface area contributed by atoms with Crippen molar-refractivity contribution in [2.24, 2.45) is 11.8 Å². The van der Waals surface area contributed by atoms with Gasteiger partial charge in [-0.25, -0.2) is 0 Å². The lowest BCUT2D eigenvalue weighted by molar-refractivity contribution is -0.144. The number of fused-ring (bicyclic) bond motifs is 1. The monoisotopic (exact) mass is 629 g/mol. The zero-order chi connectivity index (χ0) is 28.4. The standard InChI is InChI=1S/C31H40BrN3O4S/c1-3-16-33(21-12-7-5-8-13-21)28(37)24-25-29(38)35(18-11-19-36)27(31(25)20-23(32)26(24)40-31)30(39)34(17-4-2)22-14-9-6-10-15-22/h3-5,7-8,12-13,22-27,36H,1-2,6,9-11,14-20H2/t23?,24-,25+,26-,27?,31?/m1/s1. The fraction of sp³-hybridized carbons (Fsp3) is 0.581. The Hall–Kier alpha value is -2.10. The van der Waals surface area contributed by atoms with Crippen LogP contribution in [0.4, 0.5) is 5.69 Å². The third-order valence-electron chi connectivity index (χ3n) is 9.14. The van der Waals surface area contributed by atoms with E-state index >= 15 is 0 Å². The van der Waals surface area contributed by atoms with E-state index in [1.54, 1.807) is 33.7 Å². The van der Waals surface area contributed by atoms with Gasteiger partial charge in [-0.05, 0) is 37.8 Å². The Kier molecular flexibility index (Phi) is 9.12. The molecular formula is C31H40BrN3O4S. The first-order valence-electron chi connectivity index (χ1n) is 14.5. The van der Waals surface area contributed by atoms with Crippen molar-refractivity contribution in [3.63, 3.8) is 0 Å². The molecule has 1 saturated carbocycles. The molecule has 1 N–H and O–H groups in total. The molecule has 3 unspecified atom stereocenters. The van der Waals surface area contributed by atoms with Crippen molar-refractivity contribution in [1.82, 2.24) is 9.80 Å². The zero-order valence-corrected chi connectivity index (χ0v) is 25.4. The van der Waals surface area contributed by atoms with E-state index in [4.69, 9.17) is 0 Å². The minimum atomic E-state index is -0.701. The van der Waals surface area contributed by atoms with Crippen LogP contribution in [0.25, 0.3) is 0 Å². The second-order valence-electron chi connectivity index (χ2n) is 11.4. The molecule has 1 aromatic carbocycles.